The molecule has 1 aromatic rings. The van der Waals surface area contributed by atoms with Crippen molar-refractivity contribution in [1.82, 2.24) is 4.98 Å². The third-order valence-corrected chi connectivity index (χ3v) is 1.77. The van der Waals surface area contributed by atoms with Crippen LogP contribution in [0, 0.1) is 0 Å². The minimum absolute atomic E-state index is 0.00215. The van der Waals surface area contributed by atoms with Crippen LogP contribution in [-0.4, -0.2) is 34.5 Å². The van der Waals surface area contributed by atoms with E-state index < -0.39 is 24.6 Å². The second-order valence-electron chi connectivity index (χ2n) is 3.12. The molecule has 0 aliphatic heterocycles. The third-order valence-electron chi connectivity index (χ3n) is 1.77. The second kappa shape index (κ2) is 5.13. The Bertz CT molecular complexity index is 344. The molecule has 90 valence electrons. The second-order valence-corrected chi connectivity index (χ2v) is 3.12. The van der Waals surface area contributed by atoms with E-state index in [1.165, 1.54) is 12.1 Å². The maximum absolute atomic E-state index is 12.3. The Morgan fingerprint density at radius 1 is 1.38 bits per heavy atom. The van der Waals surface area contributed by atoms with Crippen molar-refractivity contribution in [1.29, 1.82) is 0 Å². The Morgan fingerprint density at radius 2 is 2.06 bits per heavy atom. The largest absolute Gasteiger partial charge is 0.433 e. The van der Waals surface area contributed by atoms with Crippen LogP contribution in [0.4, 0.5) is 19.0 Å². The molecule has 0 aliphatic carbocycles. The molecule has 1 atom stereocenters. The first-order valence-electron chi connectivity index (χ1n) is 4.50. The summed E-state index contributed by atoms with van der Waals surface area (Å²) in [4.78, 5) is 3.32. The van der Waals surface area contributed by atoms with Crippen LogP contribution in [0.5, 0.6) is 0 Å². The highest BCUT2D eigenvalue weighted by Crippen LogP contribution is 2.27. The van der Waals surface area contributed by atoms with Crippen molar-refractivity contribution in [3.63, 3.8) is 0 Å². The van der Waals surface area contributed by atoms with Gasteiger partial charge < -0.3 is 15.5 Å². The van der Waals surface area contributed by atoms with E-state index in [-0.39, 0.29) is 12.4 Å². The average molecular weight is 236 g/mol. The summed E-state index contributed by atoms with van der Waals surface area (Å²) in [5, 5.41) is 20.0. The number of nitrogens with zero attached hydrogens (tertiary/aromatic N) is 1. The molecule has 0 spiro atoms. The topological polar surface area (TPSA) is 65.4 Å². The van der Waals surface area contributed by atoms with Gasteiger partial charge in [0.2, 0.25) is 0 Å². The van der Waals surface area contributed by atoms with Crippen LogP contribution in [-0.2, 0) is 6.18 Å². The minimum atomic E-state index is -4.49. The van der Waals surface area contributed by atoms with Crippen molar-refractivity contribution in [3.8, 4) is 0 Å². The van der Waals surface area contributed by atoms with Crippen LogP contribution in [0.3, 0.4) is 0 Å². The minimum Gasteiger partial charge on any atom is -0.394 e. The molecular weight excluding hydrogens is 225 g/mol. The van der Waals surface area contributed by atoms with Crippen LogP contribution in [0.15, 0.2) is 18.2 Å². The van der Waals surface area contributed by atoms with Crippen molar-refractivity contribution >= 4 is 5.82 Å². The molecule has 0 saturated carbocycles. The summed E-state index contributed by atoms with van der Waals surface area (Å²) in [6.07, 6.45) is -5.52. The van der Waals surface area contributed by atoms with Gasteiger partial charge >= 0.3 is 6.18 Å². The van der Waals surface area contributed by atoms with Gasteiger partial charge in [0.25, 0.3) is 0 Å². The Balaban J connectivity index is 2.68. The van der Waals surface area contributed by atoms with Crippen molar-refractivity contribution in [2.24, 2.45) is 0 Å². The summed E-state index contributed by atoms with van der Waals surface area (Å²) >= 11 is 0. The van der Waals surface area contributed by atoms with Gasteiger partial charge in [-0.25, -0.2) is 4.98 Å². The third kappa shape index (κ3) is 3.67. The molecule has 1 heterocycles. The molecule has 0 amide bonds. The summed E-state index contributed by atoms with van der Waals surface area (Å²) in [7, 11) is 0. The number of halogens is 3. The highest BCUT2D eigenvalue weighted by atomic mass is 19.4. The van der Waals surface area contributed by atoms with Gasteiger partial charge in [-0.3, -0.25) is 0 Å². The summed E-state index contributed by atoms with van der Waals surface area (Å²) in [5.74, 6) is 0.00215. The number of pyridine rings is 1. The zero-order valence-electron chi connectivity index (χ0n) is 8.20. The van der Waals surface area contributed by atoms with Gasteiger partial charge in [0.05, 0.1) is 12.7 Å². The highest BCUT2D eigenvalue weighted by Gasteiger charge is 2.32. The predicted molar refractivity (Wildman–Crippen MR) is 50.8 cm³/mol. The van der Waals surface area contributed by atoms with E-state index in [2.05, 4.69) is 10.3 Å². The molecule has 0 aromatic carbocycles. The monoisotopic (exact) mass is 236 g/mol. The van der Waals surface area contributed by atoms with Crippen molar-refractivity contribution in [3.05, 3.63) is 23.9 Å². The van der Waals surface area contributed by atoms with Gasteiger partial charge in [-0.1, -0.05) is 6.07 Å². The molecule has 0 aliphatic rings. The van der Waals surface area contributed by atoms with Crippen molar-refractivity contribution in [2.45, 2.75) is 12.3 Å². The van der Waals surface area contributed by atoms with Crippen molar-refractivity contribution in [2.75, 3.05) is 18.5 Å². The SMILES string of the molecule is OC[C@@H](O)CNc1cccc(C(F)(F)F)n1. The molecule has 16 heavy (non-hydrogen) atoms. The predicted octanol–water partition coefficient (Wildman–Crippen LogP) is 0.866. The van der Waals surface area contributed by atoms with Gasteiger partial charge in [0.1, 0.15) is 11.5 Å². The molecular formula is C9H11F3N2O2. The van der Waals surface area contributed by atoms with Gasteiger partial charge in [0.15, 0.2) is 0 Å². The first-order valence-corrected chi connectivity index (χ1v) is 4.50. The van der Waals surface area contributed by atoms with Crippen LogP contribution in [0.2, 0.25) is 0 Å². The van der Waals surface area contributed by atoms with E-state index in [1.54, 1.807) is 0 Å². The lowest BCUT2D eigenvalue weighted by molar-refractivity contribution is -0.141. The number of nitrogens with one attached hydrogen (secondary N) is 1. The van der Waals surface area contributed by atoms with E-state index in [0.29, 0.717) is 0 Å². The Hall–Kier alpha value is -1.34. The number of aliphatic hydroxyl groups excluding tert-OH is 2. The quantitative estimate of drug-likeness (QED) is 0.725. The first kappa shape index (κ1) is 12.7. The molecule has 0 fully saturated rings. The van der Waals surface area contributed by atoms with E-state index >= 15 is 0 Å². The van der Waals surface area contributed by atoms with Crippen molar-refractivity contribution < 1.29 is 23.4 Å². The number of anilines is 1. The van der Waals surface area contributed by atoms with E-state index in [4.69, 9.17) is 10.2 Å². The maximum Gasteiger partial charge on any atom is 0.433 e. The Labute approximate surface area is 89.7 Å². The van der Waals surface area contributed by atoms with Crippen LogP contribution in [0.1, 0.15) is 5.69 Å². The maximum atomic E-state index is 12.3. The molecule has 7 heteroatoms. The summed E-state index contributed by atoms with van der Waals surface area (Å²) in [6, 6.07) is 3.41. The van der Waals surface area contributed by atoms with Crippen LogP contribution in [0.25, 0.3) is 0 Å². The average Bonchev–Trinajstić information content (AvgIpc) is 2.25. The number of alkyl halides is 3. The standard InChI is InChI=1S/C9H11F3N2O2/c10-9(11,12)7-2-1-3-8(14-7)13-4-6(16)5-15/h1-3,6,15-16H,4-5H2,(H,13,14)/t6-/m0/s1. The number of aromatic nitrogens is 1. The molecule has 1 rings (SSSR count). The van der Waals surface area contributed by atoms with E-state index in [1.807, 2.05) is 0 Å². The lowest BCUT2D eigenvalue weighted by Crippen LogP contribution is -2.23. The van der Waals surface area contributed by atoms with Crippen LogP contribution < -0.4 is 5.32 Å². The fourth-order valence-corrected chi connectivity index (χ4v) is 0.978. The molecule has 4 nitrogen and oxygen atoms in total. The zero-order valence-corrected chi connectivity index (χ0v) is 8.20. The summed E-state index contributed by atoms with van der Waals surface area (Å²) in [5.41, 5.74) is -1.00. The Morgan fingerprint density at radius 3 is 2.62 bits per heavy atom. The molecule has 0 saturated heterocycles. The Kier molecular flexibility index (Phi) is 4.08. The first-order chi connectivity index (χ1) is 7.43. The summed E-state index contributed by atoms with van der Waals surface area (Å²) < 4.78 is 36.8. The van der Waals surface area contributed by atoms with Crippen LogP contribution >= 0.6 is 0 Å². The molecule has 0 radical (unpaired) electrons. The van der Waals surface area contributed by atoms with E-state index in [9.17, 15) is 13.2 Å². The lowest BCUT2D eigenvalue weighted by atomic mass is 10.3. The molecule has 0 unspecified atom stereocenters. The number of hydrogen-bond donors (Lipinski definition) is 3. The fraction of sp³-hybridized carbons (Fsp3) is 0.444. The molecule has 1 aromatic heterocycles. The zero-order chi connectivity index (χ0) is 12.2. The summed E-state index contributed by atoms with van der Waals surface area (Å²) in [6.45, 7) is -0.531. The lowest BCUT2D eigenvalue weighted by Gasteiger charge is -2.11. The van der Waals surface area contributed by atoms with Gasteiger partial charge in [-0.15, -0.1) is 0 Å². The number of rotatable bonds is 4. The van der Waals surface area contributed by atoms with Gasteiger partial charge in [0, 0.05) is 6.54 Å². The van der Waals surface area contributed by atoms with Gasteiger partial charge in [-0.05, 0) is 12.1 Å². The fourth-order valence-electron chi connectivity index (χ4n) is 0.978. The molecule has 3 N–H and O–H groups in total. The smallest absolute Gasteiger partial charge is 0.394 e. The van der Waals surface area contributed by atoms with E-state index in [0.717, 1.165) is 6.07 Å². The normalized spacial score (nSPS) is 13.6. The highest BCUT2D eigenvalue weighted by molar-refractivity contribution is 5.36. The number of hydrogen-bond acceptors (Lipinski definition) is 4. The number of aliphatic hydroxyl groups is 2. The van der Waals surface area contributed by atoms with Gasteiger partial charge in [-0.2, -0.15) is 13.2 Å². The molecule has 0 bridgehead atoms.